The molecule has 146 valence electrons. The van der Waals surface area contributed by atoms with E-state index in [4.69, 9.17) is 4.74 Å². The van der Waals surface area contributed by atoms with Gasteiger partial charge in [-0.15, -0.1) is 0 Å². The van der Waals surface area contributed by atoms with Crippen LogP contribution in [-0.4, -0.2) is 36.6 Å². The maximum absolute atomic E-state index is 12.7. The van der Waals surface area contributed by atoms with E-state index in [1.807, 2.05) is 39.2 Å². The molecule has 7 heteroatoms. The molecule has 0 unspecified atom stereocenters. The number of carbonyl (C=O) groups excluding carboxylic acids is 1. The van der Waals surface area contributed by atoms with Crippen LogP contribution in [-0.2, 0) is 13.5 Å². The first kappa shape index (κ1) is 18.7. The third-order valence-electron chi connectivity index (χ3n) is 4.42. The number of hydrogen-bond donors (Lipinski definition) is 0. The van der Waals surface area contributed by atoms with Crippen molar-refractivity contribution in [3.05, 3.63) is 66.5 Å². The monoisotopic (exact) mass is 387 g/mol. The average molecular weight is 387 g/mol. The van der Waals surface area contributed by atoms with Gasteiger partial charge in [0.15, 0.2) is 5.78 Å². The van der Waals surface area contributed by atoms with E-state index in [0.717, 1.165) is 22.0 Å². The summed E-state index contributed by atoms with van der Waals surface area (Å²) in [7, 11) is 1.87. The van der Waals surface area contributed by atoms with Crippen LogP contribution < -0.4 is 4.74 Å². The summed E-state index contributed by atoms with van der Waals surface area (Å²) in [5, 5.41) is 6.10. The van der Waals surface area contributed by atoms with Crippen LogP contribution in [0, 0.1) is 0 Å². The molecular formula is C22H21N5O2. The van der Waals surface area contributed by atoms with E-state index in [2.05, 4.69) is 20.1 Å². The molecule has 0 N–H and O–H groups in total. The molecule has 4 rings (SSSR count). The molecule has 0 spiro atoms. The Balaban J connectivity index is 1.58. The van der Waals surface area contributed by atoms with Crippen molar-refractivity contribution < 1.29 is 9.53 Å². The molecule has 0 fully saturated rings. The molecule has 4 aromatic rings. The minimum absolute atomic E-state index is 0.00220. The maximum atomic E-state index is 12.7. The zero-order chi connectivity index (χ0) is 20.4. The van der Waals surface area contributed by atoms with Gasteiger partial charge in [-0.05, 0) is 37.4 Å². The van der Waals surface area contributed by atoms with Crippen LogP contribution in [0.25, 0.3) is 22.0 Å². The van der Waals surface area contributed by atoms with E-state index >= 15 is 0 Å². The number of aryl methyl sites for hydroxylation is 1. The van der Waals surface area contributed by atoms with E-state index in [0.29, 0.717) is 17.1 Å². The third kappa shape index (κ3) is 4.29. The Hall–Kier alpha value is -3.61. The Kier molecular flexibility index (Phi) is 5.03. The Morgan fingerprint density at radius 2 is 1.90 bits per heavy atom. The van der Waals surface area contributed by atoms with Gasteiger partial charge in [-0.1, -0.05) is 0 Å². The first-order valence-electron chi connectivity index (χ1n) is 9.37. The zero-order valence-corrected chi connectivity index (χ0v) is 16.5. The molecule has 7 nitrogen and oxygen atoms in total. The summed E-state index contributed by atoms with van der Waals surface area (Å²) in [6.07, 6.45) is 9.01. The van der Waals surface area contributed by atoms with Gasteiger partial charge in [0.25, 0.3) is 0 Å². The Morgan fingerprint density at radius 1 is 1.07 bits per heavy atom. The lowest BCUT2D eigenvalue weighted by Crippen LogP contribution is -2.09. The Labute approximate surface area is 168 Å². The minimum Gasteiger partial charge on any atom is -0.475 e. The van der Waals surface area contributed by atoms with Crippen LogP contribution in [0.15, 0.2) is 55.2 Å². The second-order valence-corrected chi connectivity index (χ2v) is 7.14. The quantitative estimate of drug-likeness (QED) is 0.470. The number of nitrogens with zero attached hydrogens (tertiary/aromatic N) is 5. The molecule has 0 aliphatic rings. The molecule has 0 saturated heterocycles. The highest BCUT2D eigenvalue weighted by atomic mass is 16.5. The van der Waals surface area contributed by atoms with Crippen molar-refractivity contribution in [1.29, 1.82) is 0 Å². The lowest BCUT2D eigenvalue weighted by atomic mass is 10.1. The van der Waals surface area contributed by atoms with Crippen LogP contribution in [0.2, 0.25) is 0 Å². The van der Waals surface area contributed by atoms with Gasteiger partial charge in [0.05, 0.1) is 24.4 Å². The van der Waals surface area contributed by atoms with Gasteiger partial charge in [-0.25, -0.2) is 4.98 Å². The highest BCUT2D eigenvalue weighted by molar-refractivity contribution is 5.98. The van der Waals surface area contributed by atoms with Crippen LogP contribution in [0.4, 0.5) is 0 Å². The fourth-order valence-corrected chi connectivity index (χ4v) is 3.05. The summed E-state index contributed by atoms with van der Waals surface area (Å²) in [5.74, 6) is 0.416. The second-order valence-electron chi connectivity index (χ2n) is 7.14. The Morgan fingerprint density at radius 3 is 2.66 bits per heavy atom. The van der Waals surface area contributed by atoms with Crippen molar-refractivity contribution >= 4 is 16.6 Å². The number of ketones is 1. The maximum Gasteiger partial charge on any atom is 0.214 e. The highest BCUT2D eigenvalue weighted by Gasteiger charge is 2.12. The summed E-state index contributed by atoms with van der Waals surface area (Å²) in [5.41, 5.74) is 3.04. The van der Waals surface area contributed by atoms with Crippen molar-refractivity contribution in [2.45, 2.75) is 26.4 Å². The zero-order valence-electron chi connectivity index (χ0n) is 16.5. The van der Waals surface area contributed by atoms with E-state index in [9.17, 15) is 4.79 Å². The van der Waals surface area contributed by atoms with Crippen LogP contribution in [0.5, 0.6) is 5.88 Å². The molecule has 0 aliphatic carbocycles. The number of Topliss-reactive ketones (excluding diaryl/α,β-unsaturated/α-hetero) is 1. The summed E-state index contributed by atoms with van der Waals surface area (Å²) < 4.78 is 7.32. The number of hydrogen-bond acceptors (Lipinski definition) is 6. The molecule has 4 heterocycles. The van der Waals surface area contributed by atoms with Crippen molar-refractivity contribution in [2.24, 2.45) is 7.05 Å². The van der Waals surface area contributed by atoms with E-state index in [1.54, 1.807) is 41.6 Å². The number of aromatic nitrogens is 5. The van der Waals surface area contributed by atoms with E-state index in [-0.39, 0.29) is 18.3 Å². The smallest absolute Gasteiger partial charge is 0.214 e. The van der Waals surface area contributed by atoms with Gasteiger partial charge < -0.3 is 4.74 Å². The number of fused-ring (bicyclic) bond motifs is 1. The number of pyridine rings is 3. The van der Waals surface area contributed by atoms with E-state index in [1.165, 1.54) is 0 Å². The van der Waals surface area contributed by atoms with Gasteiger partial charge in [-0.3, -0.25) is 19.4 Å². The molecule has 0 radical (unpaired) electrons. The fourth-order valence-electron chi connectivity index (χ4n) is 3.05. The lowest BCUT2D eigenvalue weighted by Gasteiger charge is -2.09. The lowest BCUT2D eigenvalue weighted by molar-refractivity contribution is 0.0991. The number of carbonyl (C=O) groups is 1. The minimum atomic E-state index is -0.0330. The largest absolute Gasteiger partial charge is 0.475 e. The average Bonchev–Trinajstić information content (AvgIpc) is 3.13. The topological polar surface area (TPSA) is 82.8 Å². The summed E-state index contributed by atoms with van der Waals surface area (Å²) in [6, 6.07) is 7.29. The SMILES string of the molecule is CC(C)Oc1cc(C(=O)Cc2cc3cc(-c4cnn(C)c4)ncc3cn2)ccn1. The normalized spacial score (nSPS) is 11.2. The van der Waals surface area contributed by atoms with Crippen molar-refractivity contribution in [2.75, 3.05) is 0 Å². The van der Waals surface area contributed by atoms with Gasteiger partial charge in [0.2, 0.25) is 5.88 Å². The Bertz CT molecular complexity index is 1180. The predicted octanol–water partition coefficient (Wildman–Crippen LogP) is 3.64. The molecule has 29 heavy (non-hydrogen) atoms. The predicted molar refractivity (Wildman–Crippen MR) is 110 cm³/mol. The fraction of sp³-hybridized carbons (Fsp3) is 0.227. The molecule has 0 aliphatic heterocycles. The van der Waals surface area contributed by atoms with Crippen molar-refractivity contribution in [3.63, 3.8) is 0 Å². The van der Waals surface area contributed by atoms with Crippen LogP contribution in [0.1, 0.15) is 29.9 Å². The highest BCUT2D eigenvalue weighted by Crippen LogP contribution is 2.22. The van der Waals surface area contributed by atoms with Gasteiger partial charge >= 0.3 is 0 Å². The molecule has 0 saturated carbocycles. The second kappa shape index (κ2) is 7.79. The molecule has 0 aromatic carbocycles. The van der Waals surface area contributed by atoms with Crippen LogP contribution in [0.3, 0.4) is 0 Å². The van der Waals surface area contributed by atoms with Gasteiger partial charge in [0, 0.05) is 60.1 Å². The number of rotatable bonds is 6. The first-order valence-corrected chi connectivity index (χ1v) is 9.37. The molecule has 0 atom stereocenters. The molecule has 0 bridgehead atoms. The van der Waals surface area contributed by atoms with Gasteiger partial charge in [-0.2, -0.15) is 5.10 Å². The standard InChI is InChI=1S/C22H21N5O2/c1-14(2)29-22-8-15(4-5-23-22)21(28)9-19-6-16-7-20(18-12-26-27(3)13-18)25-11-17(16)10-24-19/h4-8,10-14H,9H2,1-3H3. The summed E-state index contributed by atoms with van der Waals surface area (Å²) in [6.45, 7) is 3.84. The summed E-state index contributed by atoms with van der Waals surface area (Å²) in [4.78, 5) is 25.8. The first-order chi connectivity index (χ1) is 14.0. The van der Waals surface area contributed by atoms with Crippen molar-refractivity contribution in [3.8, 4) is 17.1 Å². The summed E-state index contributed by atoms with van der Waals surface area (Å²) >= 11 is 0. The molecular weight excluding hydrogens is 366 g/mol. The van der Waals surface area contributed by atoms with Crippen molar-refractivity contribution in [1.82, 2.24) is 24.7 Å². The van der Waals surface area contributed by atoms with E-state index < -0.39 is 0 Å². The van der Waals surface area contributed by atoms with Gasteiger partial charge in [0.1, 0.15) is 0 Å². The third-order valence-corrected chi connectivity index (χ3v) is 4.42. The molecule has 4 aromatic heterocycles. The number of ether oxygens (including phenoxy) is 1. The molecule has 0 amide bonds. The van der Waals surface area contributed by atoms with Crippen LogP contribution >= 0.6 is 0 Å².